The lowest BCUT2D eigenvalue weighted by molar-refractivity contribution is 1.02. The van der Waals surface area contributed by atoms with Crippen molar-refractivity contribution < 1.29 is 0 Å². The lowest BCUT2D eigenvalue weighted by atomic mass is 10.0. The Labute approximate surface area is 246 Å². The van der Waals surface area contributed by atoms with Crippen LogP contribution in [0.3, 0.4) is 0 Å². The molecule has 42 heavy (non-hydrogen) atoms. The number of fused-ring (bicyclic) bond motifs is 7. The normalized spacial score (nSPS) is 11.8. The monoisotopic (exact) mass is 553 g/mol. The SMILES string of the molecule is c1ccc(-c2nc(-n3c4ccccc4c4cc(-c5csc6ccccc56)ccc43)nc3c2ccc2ccccc23)cc1. The van der Waals surface area contributed by atoms with Gasteiger partial charge in [-0.25, -0.2) is 9.97 Å². The molecule has 9 rings (SSSR count). The van der Waals surface area contributed by atoms with Crippen molar-refractivity contribution in [2.24, 2.45) is 0 Å². The molecule has 3 heterocycles. The van der Waals surface area contributed by atoms with E-state index in [1.165, 1.54) is 37.4 Å². The number of hydrogen-bond donors (Lipinski definition) is 0. The minimum atomic E-state index is 0.678. The van der Waals surface area contributed by atoms with Crippen LogP contribution in [0.5, 0.6) is 0 Å². The molecule has 4 heteroatoms. The molecule has 0 bridgehead atoms. The summed E-state index contributed by atoms with van der Waals surface area (Å²) >= 11 is 1.80. The van der Waals surface area contributed by atoms with Crippen molar-refractivity contribution in [1.29, 1.82) is 0 Å². The van der Waals surface area contributed by atoms with Crippen molar-refractivity contribution in [3.63, 3.8) is 0 Å². The van der Waals surface area contributed by atoms with Gasteiger partial charge in [-0.05, 0) is 46.7 Å². The van der Waals surface area contributed by atoms with E-state index in [2.05, 4.69) is 137 Å². The molecule has 0 radical (unpaired) electrons. The van der Waals surface area contributed by atoms with Crippen molar-refractivity contribution in [3.05, 3.63) is 139 Å². The summed E-state index contributed by atoms with van der Waals surface area (Å²) < 4.78 is 3.54. The fourth-order valence-electron chi connectivity index (χ4n) is 6.33. The van der Waals surface area contributed by atoms with Gasteiger partial charge in [-0.15, -0.1) is 11.3 Å². The standard InChI is InChI=1S/C38H23N3S/c1-2-11-25(12-3-1)36-30-20-18-24-10-4-5-13-27(24)37(30)40-38(39-36)41-33-16-8-6-14-28(33)31-22-26(19-21-34(31)41)32-23-42-35-17-9-7-15-29(32)35/h1-23H. The van der Waals surface area contributed by atoms with Gasteiger partial charge in [0, 0.05) is 42.8 Å². The number of rotatable bonds is 3. The van der Waals surface area contributed by atoms with E-state index < -0.39 is 0 Å². The van der Waals surface area contributed by atoms with Crippen LogP contribution in [0.1, 0.15) is 0 Å². The molecule has 0 amide bonds. The highest BCUT2D eigenvalue weighted by Gasteiger charge is 2.19. The van der Waals surface area contributed by atoms with Gasteiger partial charge >= 0.3 is 0 Å². The Hall–Kier alpha value is -5.32. The zero-order chi connectivity index (χ0) is 27.6. The van der Waals surface area contributed by atoms with Crippen LogP contribution in [0.4, 0.5) is 0 Å². The third-order valence-electron chi connectivity index (χ3n) is 8.29. The summed E-state index contributed by atoms with van der Waals surface area (Å²) in [6.07, 6.45) is 0. The van der Waals surface area contributed by atoms with E-state index >= 15 is 0 Å². The predicted molar refractivity (Wildman–Crippen MR) is 178 cm³/mol. The maximum absolute atomic E-state index is 5.30. The van der Waals surface area contributed by atoms with E-state index in [0.717, 1.165) is 38.6 Å². The average Bonchev–Trinajstić information content (AvgIpc) is 3.64. The maximum atomic E-state index is 5.30. The fraction of sp³-hybridized carbons (Fsp3) is 0. The van der Waals surface area contributed by atoms with Crippen LogP contribution in [0, 0.1) is 0 Å². The second-order valence-electron chi connectivity index (χ2n) is 10.7. The Morgan fingerprint density at radius 1 is 0.500 bits per heavy atom. The van der Waals surface area contributed by atoms with Crippen LogP contribution in [-0.4, -0.2) is 14.5 Å². The Balaban J connectivity index is 1.37. The summed E-state index contributed by atoms with van der Waals surface area (Å²) in [6.45, 7) is 0. The molecule has 0 aliphatic heterocycles. The Morgan fingerprint density at radius 3 is 2.14 bits per heavy atom. The number of aromatic nitrogens is 3. The molecular formula is C38H23N3S. The van der Waals surface area contributed by atoms with Crippen molar-refractivity contribution in [1.82, 2.24) is 14.5 Å². The van der Waals surface area contributed by atoms with Gasteiger partial charge in [0.25, 0.3) is 0 Å². The molecule has 9 aromatic rings. The number of thiophene rings is 1. The van der Waals surface area contributed by atoms with Crippen LogP contribution >= 0.6 is 11.3 Å². The van der Waals surface area contributed by atoms with E-state index in [9.17, 15) is 0 Å². The Bertz CT molecular complexity index is 2470. The van der Waals surface area contributed by atoms with Crippen molar-refractivity contribution in [2.45, 2.75) is 0 Å². The molecule has 3 nitrogen and oxygen atoms in total. The van der Waals surface area contributed by atoms with Crippen LogP contribution < -0.4 is 0 Å². The fourth-order valence-corrected chi connectivity index (χ4v) is 7.30. The summed E-state index contributed by atoms with van der Waals surface area (Å²) in [5, 5.41) is 9.30. The first-order valence-corrected chi connectivity index (χ1v) is 15.0. The van der Waals surface area contributed by atoms with Crippen LogP contribution in [0.15, 0.2) is 139 Å². The summed E-state index contributed by atoms with van der Waals surface area (Å²) in [5.74, 6) is 0.678. The summed E-state index contributed by atoms with van der Waals surface area (Å²) in [7, 11) is 0. The largest absolute Gasteiger partial charge is 0.278 e. The average molecular weight is 554 g/mol. The molecule has 0 saturated heterocycles. The van der Waals surface area contributed by atoms with Gasteiger partial charge in [0.05, 0.1) is 22.2 Å². The minimum absolute atomic E-state index is 0.678. The van der Waals surface area contributed by atoms with Gasteiger partial charge in [0.2, 0.25) is 5.95 Å². The molecule has 0 N–H and O–H groups in total. The van der Waals surface area contributed by atoms with Gasteiger partial charge in [0.15, 0.2) is 0 Å². The summed E-state index contributed by atoms with van der Waals surface area (Å²) in [5.41, 5.74) is 7.66. The number of benzene rings is 6. The first-order chi connectivity index (χ1) is 20.8. The van der Waals surface area contributed by atoms with Crippen LogP contribution in [-0.2, 0) is 0 Å². The quantitative estimate of drug-likeness (QED) is 0.204. The molecule has 0 aliphatic carbocycles. The zero-order valence-corrected chi connectivity index (χ0v) is 23.3. The molecule has 3 aromatic heterocycles. The second-order valence-corrected chi connectivity index (χ2v) is 11.6. The van der Waals surface area contributed by atoms with E-state index in [1.807, 2.05) is 6.07 Å². The van der Waals surface area contributed by atoms with Gasteiger partial charge in [0.1, 0.15) is 0 Å². The van der Waals surface area contributed by atoms with E-state index in [4.69, 9.17) is 9.97 Å². The third-order valence-corrected chi connectivity index (χ3v) is 9.25. The maximum Gasteiger partial charge on any atom is 0.235 e. The first kappa shape index (κ1) is 23.4. The highest BCUT2D eigenvalue weighted by atomic mass is 32.1. The van der Waals surface area contributed by atoms with Gasteiger partial charge in [-0.1, -0.05) is 103 Å². The van der Waals surface area contributed by atoms with Crippen molar-refractivity contribution in [3.8, 4) is 28.3 Å². The van der Waals surface area contributed by atoms with E-state index in [0.29, 0.717) is 5.95 Å². The number of nitrogens with zero attached hydrogens (tertiary/aromatic N) is 3. The smallest absolute Gasteiger partial charge is 0.235 e. The highest BCUT2D eigenvalue weighted by Crippen LogP contribution is 2.39. The van der Waals surface area contributed by atoms with Gasteiger partial charge in [-0.3, -0.25) is 4.57 Å². The number of para-hydroxylation sites is 1. The molecule has 0 spiro atoms. The lowest BCUT2D eigenvalue weighted by Crippen LogP contribution is -2.03. The third kappa shape index (κ3) is 3.46. The molecule has 0 unspecified atom stereocenters. The number of hydrogen-bond acceptors (Lipinski definition) is 3. The topological polar surface area (TPSA) is 30.7 Å². The highest BCUT2D eigenvalue weighted by molar-refractivity contribution is 7.17. The molecule has 196 valence electrons. The predicted octanol–water partition coefficient (Wildman–Crippen LogP) is 10.4. The second kappa shape index (κ2) is 9.10. The molecule has 0 atom stereocenters. The van der Waals surface area contributed by atoms with Crippen LogP contribution in [0.25, 0.3) is 81.9 Å². The van der Waals surface area contributed by atoms with Gasteiger partial charge in [-0.2, -0.15) is 0 Å². The zero-order valence-electron chi connectivity index (χ0n) is 22.5. The summed E-state index contributed by atoms with van der Waals surface area (Å²) in [6, 6.07) is 47.3. The molecule has 0 aliphatic rings. The van der Waals surface area contributed by atoms with E-state index in [1.54, 1.807) is 11.3 Å². The van der Waals surface area contributed by atoms with Gasteiger partial charge < -0.3 is 0 Å². The van der Waals surface area contributed by atoms with Crippen LogP contribution in [0.2, 0.25) is 0 Å². The first-order valence-electron chi connectivity index (χ1n) is 14.1. The molecular weight excluding hydrogens is 531 g/mol. The van der Waals surface area contributed by atoms with Crippen molar-refractivity contribution in [2.75, 3.05) is 0 Å². The summed E-state index contributed by atoms with van der Waals surface area (Å²) in [4.78, 5) is 10.6. The Kier molecular flexibility index (Phi) is 5.07. The minimum Gasteiger partial charge on any atom is -0.278 e. The Morgan fingerprint density at radius 2 is 1.24 bits per heavy atom. The van der Waals surface area contributed by atoms with Crippen molar-refractivity contribution >= 4 is 64.9 Å². The lowest BCUT2D eigenvalue weighted by Gasteiger charge is -2.13. The van der Waals surface area contributed by atoms with E-state index in [-0.39, 0.29) is 0 Å². The molecule has 0 saturated carbocycles. The molecule has 6 aromatic carbocycles. The molecule has 0 fully saturated rings.